The number of rotatable bonds is 5. The number of nitriles is 1. The van der Waals surface area contributed by atoms with Crippen LogP contribution in [0.5, 0.6) is 11.5 Å². The molecular weight excluding hydrogens is 498 g/mol. The highest BCUT2D eigenvalue weighted by molar-refractivity contribution is 7.17. The van der Waals surface area contributed by atoms with Crippen LogP contribution in [0.2, 0.25) is 0 Å². The molecule has 1 N–H and O–H groups in total. The van der Waals surface area contributed by atoms with Crippen LogP contribution in [-0.2, 0) is 0 Å². The molecule has 1 aliphatic heterocycles. The molecule has 0 radical (unpaired) electrons. The fraction of sp³-hybridized carbons (Fsp3) is 0.0417. The fourth-order valence-corrected chi connectivity index (χ4v) is 4.50. The molecule has 180 valence electrons. The second-order valence-electron chi connectivity index (χ2n) is 7.77. The second kappa shape index (κ2) is 8.70. The van der Waals surface area contributed by atoms with Crippen LogP contribution in [0.3, 0.4) is 0 Å². The Hall–Kier alpha value is -5.35. The van der Waals surface area contributed by atoms with Crippen molar-refractivity contribution in [2.24, 2.45) is 0 Å². The fourth-order valence-electron chi connectivity index (χ4n) is 3.78. The molecule has 12 nitrogen and oxygen atoms in total. The van der Waals surface area contributed by atoms with Gasteiger partial charge in [-0.25, -0.2) is 14.6 Å². The van der Waals surface area contributed by atoms with Crippen LogP contribution in [0.25, 0.3) is 28.1 Å². The molecule has 0 bridgehead atoms. The maximum Gasteiger partial charge on any atom is 0.324 e. The quantitative estimate of drug-likeness (QED) is 0.268. The molecule has 0 saturated heterocycles. The number of hydrogen-bond donors (Lipinski definition) is 1. The Balaban J connectivity index is 1.49. The molecule has 3 aromatic heterocycles. The zero-order valence-electron chi connectivity index (χ0n) is 18.6. The molecule has 5 aromatic rings. The maximum atomic E-state index is 13.0. The van der Waals surface area contributed by atoms with E-state index in [1.165, 1.54) is 18.3 Å². The first-order valence-corrected chi connectivity index (χ1v) is 11.5. The van der Waals surface area contributed by atoms with Gasteiger partial charge in [0.15, 0.2) is 23.0 Å². The Bertz CT molecular complexity index is 1770. The summed E-state index contributed by atoms with van der Waals surface area (Å²) in [7, 11) is 0. The monoisotopic (exact) mass is 511 g/mol. The maximum absolute atomic E-state index is 13.0. The van der Waals surface area contributed by atoms with Gasteiger partial charge in [0.05, 0.1) is 38.7 Å². The molecule has 1 amide bonds. The molecule has 0 atom stereocenters. The lowest BCUT2D eigenvalue weighted by Crippen LogP contribution is -2.12. The molecule has 0 fully saturated rings. The minimum absolute atomic E-state index is 0.106. The summed E-state index contributed by atoms with van der Waals surface area (Å²) < 4.78 is 12.4. The van der Waals surface area contributed by atoms with E-state index < -0.39 is 10.8 Å². The van der Waals surface area contributed by atoms with Crippen LogP contribution in [0.15, 0.2) is 60.8 Å². The van der Waals surface area contributed by atoms with Crippen molar-refractivity contribution < 1.29 is 19.2 Å². The van der Waals surface area contributed by atoms with Gasteiger partial charge >= 0.3 is 5.00 Å². The van der Waals surface area contributed by atoms with Gasteiger partial charge in [0.2, 0.25) is 6.79 Å². The van der Waals surface area contributed by atoms with Gasteiger partial charge in [-0.2, -0.15) is 10.4 Å². The number of nitrogens with one attached hydrogen (secondary N) is 1. The molecule has 6 rings (SSSR count). The molecule has 0 unspecified atom stereocenters. The van der Waals surface area contributed by atoms with Gasteiger partial charge in [0.25, 0.3) is 5.91 Å². The number of fused-ring (bicyclic) bond motifs is 2. The minimum atomic E-state index is -0.561. The van der Waals surface area contributed by atoms with Crippen molar-refractivity contribution in [2.45, 2.75) is 0 Å². The molecule has 0 saturated carbocycles. The summed E-state index contributed by atoms with van der Waals surface area (Å²) in [5.41, 5.74) is 2.02. The minimum Gasteiger partial charge on any atom is -0.454 e. The van der Waals surface area contributed by atoms with Crippen LogP contribution in [0, 0.1) is 21.4 Å². The third kappa shape index (κ3) is 3.97. The van der Waals surface area contributed by atoms with E-state index in [0.717, 1.165) is 11.3 Å². The van der Waals surface area contributed by atoms with Crippen LogP contribution in [0.4, 0.5) is 10.8 Å². The van der Waals surface area contributed by atoms with Crippen molar-refractivity contribution in [1.82, 2.24) is 19.7 Å². The van der Waals surface area contributed by atoms with Crippen LogP contribution in [-0.4, -0.2) is 37.4 Å². The number of thiophene rings is 1. The number of carbonyl (C=O) groups is 1. The Labute approximate surface area is 211 Å². The zero-order valence-corrected chi connectivity index (χ0v) is 19.4. The average Bonchev–Trinajstić information content (AvgIpc) is 3.67. The first-order valence-electron chi connectivity index (χ1n) is 10.7. The topological polar surface area (TPSA) is 158 Å². The standard InChI is InChI=1S/C24H13N7O5S/c25-10-13-2-1-3-15(8-13)30-23-16(11-26-30)22(29-24(32)19-6-7-20(37-19)31(33)34)27-21(28-23)14-4-5-17-18(9-14)36-12-35-17/h1-9,11H,12H2,(H,27,28,29,32). The summed E-state index contributed by atoms with van der Waals surface area (Å²) in [4.78, 5) is 32.9. The molecule has 4 heterocycles. The molecular formula is C24H13N7O5S. The number of nitrogens with zero attached hydrogens (tertiary/aromatic N) is 6. The van der Waals surface area contributed by atoms with E-state index in [2.05, 4.69) is 21.5 Å². The predicted octanol–water partition coefficient (Wildman–Crippen LogP) is 4.30. The summed E-state index contributed by atoms with van der Waals surface area (Å²) >= 11 is 0.758. The SMILES string of the molecule is N#Cc1cccc(-n2ncc3c(NC(=O)c4ccc([N+](=O)[O-])s4)nc(-c4ccc5c(c4)OCO5)nc32)c1. The van der Waals surface area contributed by atoms with Gasteiger partial charge in [-0.3, -0.25) is 14.9 Å². The number of nitro groups is 1. The molecule has 37 heavy (non-hydrogen) atoms. The van der Waals surface area contributed by atoms with Crippen molar-refractivity contribution >= 4 is 39.1 Å². The van der Waals surface area contributed by atoms with E-state index in [9.17, 15) is 20.2 Å². The normalized spacial score (nSPS) is 11.9. The van der Waals surface area contributed by atoms with E-state index in [-0.39, 0.29) is 28.3 Å². The number of ether oxygens (including phenoxy) is 2. The van der Waals surface area contributed by atoms with E-state index in [4.69, 9.17) is 14.5 Å². The van der Waals surface area contributed by atoms with Crippen LogP contribution < -0.4 is 14.8 Å². The molecule has 13 heteroatoms. The zero-order chi connectivity index (χ0) is 25.5. The van der Waals surface area contributed by atoms with E-state index in [1.807, 2.05) is 0 Å². The third-order valence-corrected chi connectivity index (χ3v) is 6.54. The van der Waals surface area contributed by atoms with Crippen molar-refractivity contribution in [2.75, 3.05) is 12.1 Å². The number of hydrogen-bond acceptors (Lipinski definition) is 10. The lowest BCUT2D eigenvalue weighted by molar-refractivity contribution is -0.380. The van der Waals surface area contributed by atoms with Crippen LogP contribution >= 0.6 is 11.3 Å². The van der Waals surface area contributed by atoms with Crippen LogP contribution in [0.1, 0.15) is 15.2 Å². The van der Waals surface area contributed by atoms with Gasteiger partial charge < -0.3 is 14.8 Å². The van der Waals surface area contributed by atoms with E-state index in [0.29, 0.717) is 39.3 Å². The van der Waals surface area contributed by atoms with Gasteiger partial charge in [0, 0.05) is 11.6 Å². The average molecular weight is 511 g/mol. The Kier molecular flexibility index (Phi) is 5.21. The second-order valence-corrected chi connectivity index (χ2v) is 8.83. The first kappa shape index (κ1) is 22.1. The number of anilines is 1. The van der Waals surface area contributed by atoms with Crippen molar-refractivity contribution in [3.05, 3.63) is 81.3 Å². The summed E-state index contributed by atoms with van der Waals surface area (Å²) in [6.07, 6.45) is 1.50. The molecule has 1 aliphatic rings. The molecule has 2 aromatic carbocycles. The van der Waals surface area contributed by atoms with Gasteiger partial charge in [-0.1, -0.05) is 17.4 Å². The lowest BCUT2D eigenvalue weighted by atomic mass is 10.2. The molecule has 0 spiro atoms. The lowest BCUT2D eigenvalue weighted by Gasteiger charge is -2.09. The predicted molar refractivity (Wildman–Crippen MR) is 132 cm³/mol. The number of aromatic nitrogens is 4. The van der Waals surface area contributed by atoms with E-state index in [1.54, 1.807) is 47.1 Å². The van der Waals surface area contributed by atoms with Gasteiger partial charge in [-0.15, -0.1) is 0 Å². The van der Waals surface area contributed by atoms with Crippen molar-refractivity contribution in [3.8, 4) is 34.6 Å². The highest BCUT2D eigenvalue weighted by Gasteiger charge is 2.21. The van der Waals surface area contributed by atoms with Crippen molar-refractivity contribution in [3.63, 3.8) is 0 Å². The van der Waals surface area contributed by atoms with Gasteiger partial charge in [-0.05, 0) is 42.5 Å². The Morgan fingerprint density at radius 1 is 1.14 bits per heavy atom. The first-order chi connectivity index (χ1) is 18.0. The summed E-state index contributed by atoms with van der Waals surface area (Å²) in [5.74, 6) is 1.01. The highest BCUT2D eigenvalue weighted by atomic mass is 32.1. The molecule has 0 aliphatic carbocycles. The largest absolute Gasteiger partial charge is 0.454 e. The van der Waals surface area contributed by atoms with Crippen molar-refractivity contribution in [1.29, 1.82) is 5.26 Å². The third-order valence-electron chi connectivity index (χ3n) is 5.51. The number of carbonyl (C=O) groups excluding carboxylic acids is 1. The number of benzene rings is 2. The van der Waals surface area contributed by atoms with E-state index >= 15 is 0 Å². The smallest absolute Gasteiger partial charge is 0.324 e. The summed E-state index contributed by atoms with van der Waals surface area (Å²) in [6, 6.07) is 16.8. The highest BCUT2D eigenvalue weighted by Crippen LogP contribution is 2.36. The number of amides is 1. The van der Waals surface area contributed by atoms with Gasteiger partial charge in [0.1, 0.15) is 5.82 Å². The Morgan fingerprint density at radius 3 is 2.81 bits per heavy atom. The summed E-state index contributed by atoms with van der Waals surface area (Å²) in [6.45, 7) is 0.106. The Morgan fingerprint density at radius 2 is 2.00 bits per heavy atom. The summed E-state index contributed by atoms with van der Waals surface area (Å²) in [5, 5.41) is 27.8.